The number of benzene rings is 2. The first-order valence-corrected chi connectivity index (χ1v) is 10.8. The summed E-state index contributed by atoms with van der Waals surface area (Å²) in [5, 5.41) is 10.6. The van der Waals surface area contributed by atoms with Crippen LogP contribution < -0.4 is 4.74 Å². The molecule has 0 radical (unpaired) electrons. The molecular weight excluding hydrogens is 390 g/mol. The van der Waals surface area contributed by atoms with Gasteiger partial charge < -0.3 is 14.7 Å². The molecule has 31 heavy (non-hydrogen) atoms. The van der Waals surface area contributed by atoms with Gasteiger partial charge in [-0.2, -0.15) is 0 Å². The molecular formula is C26H31NO4. The van der Waals surface area contributed by atoms with E-state index >= 15 is 0 Å². The predicted molar refractivity (Wildman–Crippen MR) is 121 cm³/mol. The molecule has 1 unspecified atom stereocenters. The highest BCUT2D eigenvalue weighted by molar-refractivity contribution is 6.08. The van der Waals surface area contributed by atoms with E-state index in [0.717, 1.165) is 22.4 Å². The van der Waals surface area contributed by atoms with Gasteiger partial charge in [-0.1, -0.05) is 64.1 Å². The van der Waals surface area contributed by atoms with Crippen LogP contribution in [0.2, 0.25) is 0 Å². The van der Waals surface area contributed by atoms with Crippen molar-refractivity contribution in [3.8, 4) is 5.75 Å². The lowest BCUT2D eigenvalue weighted by Crippen LogP contribution is -2.30. The second-order valence-electron chi connectivity index (χ2n) is 8.83. The molecule has 0 saturated heterocycles. The molecule has 2 aromatic rings. The fraction of sp³-hybridized carbons (Fsp3) is 0.385. The maximum atomic E-state index is 13.0. The van der Waals surface area contributed by atoms with Gasteiger partial charge >= 0.3 is 0 Å². The van der Waals surface area contributed by atoms with Crippen molar-refractivity contribution in [1.82, 2.24) is 4.90 Å². The van der Waals surface area contributed by atoms with Gasteiger partial charge in [0, 0.05) is 13.0 Å². The van der Waals surface area contributed by atoms with Crippen LogP contribution in [0.4, 0.5) is 0 Å². The maximum absolute atomic E-state index is 13.0. The third kappa shape index (κ3) is 4.66. The molecule has 1 atom stereocenters. The smallest absolute Gasteiger partial charge is 0.290 e. The number of carbonyl (C=O) groups excluding carboxylic acids is 2. The Morgan fingerprint density at radius 1 is 1.10 bits per heavy atom. The van der Waals surface area contributed by atoms with E-state index in [1.54, 1.807) is 11.8 Å². The zero-order valence-corrected chi connectivity index (χ0v) is 18.9. The number of ether oxygens (including phenoxy) is 1. The van der Waals surface area contributed by atoms with Crippen molar-refractivity contribution in [2.75, 3.05) is 6.61 Å². The van der Waals surface area contributed by atoms with Crippen molar-refractivity contribution in [3.63, 3.8) is 0 Å². The van der Waals surface area contributed by atoms with E-state index in [9.17, 15) is 14.7 Å². The van der Waals surface area contributed by atoms with Gasteiger partial charge in [0.05, 0.1) is 18.2 Å². The number of carbonyl (C=O) groups is 2. The minimum absolute atomic E-state index is 0.0104. The summed E-state index contributed by atoms with van der Waals surface area (Å²) in [6.07, 6.45) is 0.219. The number of ketones is 1. The molecule has 5 heteroatoms. The van der Waals surface area contributed by atoms with E-state index in [1.807, 2.05) is 55.5 Å². The Morgan fingerprint density at radius 2 is 1.77 bits per heavy atom. The molecule has 1 aliphatic heterocycles. The summed E-state index contributed by atoms with van der Waals surface area (Å²) in [5.74, 6) is -0.470. The van der Waals surface area contributed by atoms with E-state index in [-0.39, 0.29) is 29.7 Å². The van der Waals surface area contributed by atoms with Crippen LogP contribution in [-0.2, 0) is 21.5 Å². The Bertz CT molecular complexity index is 999. The summed E-state index contributed by atoms with van der Waals surface area (Å²) in [6, 6.07) is 14.9. The van der Waals surface area contributed by atoms with Gasteiger partial charge in [0.15, 0.2) is 11.5 Å². The molecule has 164 valence electrons. The number of aliphatic hydroxyl groups is 1. The van der Waals surface area contributed by atoms with E-state index in [4.69, 9.17) is 4.74 Å². The third-order valence-electron chi connectivity index (χ3n) is 5.58. The Balaban J connectivity index is 2.02. The molecule has 1 N–H and O–H groups in total. The summed E-state index contributed by atoms with van der Waals surface area (Å²) in [7, 11) is 0. The number of hydrogen-bond donors (Lipinski definition) is 1. The molecule has 3 rings (SSSR count). The lowest BCUT2D eigenvalue weighted by molar-refractivity contribution is -0.130. The SMILES string of the molecule is CCOc1cccc(CN2C(=O)C(O)=C(C(=O)CC)C2c2ccc(C(C)(C)C)cc2)c1. The number of hydrogen-bond acceptors (Lipinski definition) is 4. The van der Waals surface area contributed by atoms with Crippen LogP contribution in [0.5, 0.6) is 5.75 Å². The summed E-state index contributed by atoms with van der Waals surface area (Å²) in [6.45, 7) is 10.9. The summed E-state index contributed by atoms with van der Waals surface area (Å²) in [5.41, 5.74) is 3.01. The highest BCUT2D eigenvalue weighted by Crippen LogP contribution is 2.40. The van der Waals surface area contributed by atoms with Gasteiger partial charge in [0.2, 0.25) is 0 Å². The Kier molecular flexibility index (Phi) is 6.54. The molecule has 0 bridgehead atoms. The van der Waals surface area contributed by atoms with Gasteiger partial charge in [-0.25, -0.2) is 0 Å². The van der Waals surface area contributed by atoms with E-state index < -0.39 is 17.7 Å². The lowest BCUT2D eigenvalue weighted by Gasteiger charge is -2.28. The quantitative estimate of drug-likeness (QED) is 0.662. The first kappa shape index (κ1) is 22.6. The van der Waals surface area contributed by atoms with Gasteiger partial charge in [-0.15, -0.1) is 0 Å². The highest BCUT2D eigenvalue weighted by atomic mass is 16.5. The van der Waals surface area contributed by atoms with Gasteiger partial charge in [-0.05, 0) is 41.2 Å². The predicted octanol–water partition coefficient (Wildman–Crippen LogP) is 5.26. The zero-order chi connectivity index (χ0) is 22.8. The van der Waals surface area contributed by atoms with Crippen molar-refractivity contribution < 1.29 is 19.4 Å². The Hall–Kier alpha value is -3.08. The zero-order valence-electron chi connectivity index (χ0n) is 18.9. The maximum Gasteiger partial charge on any atom is 0.290 e. The third-order valence-corrected chi connectivity index (χ3v) is 5.58. The van der Waals surface area contributed by atoms with Gasteiger partial charge in [-0.3, -0.25) is 9.59 Å². The average Bonchev–Trinajstić information content (AvgIpc) is 2.98. The van der Waals surface area contributed by atoms with Crippen molar-refractivity contribution in [1.29, 1.82) is 0 Å². The molecule has 0 spiro atoms. The number of amides is 1. The fourth-order valence-corrected chi connectivity index (χ4v) is 3.90. The second kappa shape index (κ2) is 8.96. The van der Waals surface area contributed by atoms with Crippen LogP contribution in [0.3, 0.4) is 0 Å². The van der Waals surface area contributed by atoms with Gasteiger partial charge in [0.1, 0.15) is 5.75 Å². The fourth-order valence-electron chi connectivity index (χ4n) is 3.90. The Morgan fingerprint density at radius 3 is 2.35 bits per heavy atom. The molecule has 0 fully saturated rings. The minimum Gasteiger partial charge on any atom is -0.503 e. The molecule has 1 amide bonds. The largest absolute Gasteiger partial charge is 0.503 e. The number of aliphatic hydroxyl groups excluding tert-OH is 1. The standard InChI is InChI=1S/C26H31NO4/c1-6-21(28)22-23(18-11-13-19(14-12-18)26(3,4)5)27(25(30)24(22)29)16-17-9-8-10-20(15-17)31-7-2/h8-15,23,29H,6-7,16H2,1-5H3. The first-order chi connectivity index (χ1) is 14.7. The normalized spacial score (nSPS) is 16.7. The summed E-state index contributed by atoms with van der Waals surface area (Å²) in [4.78, 5) is 27.3. The molecule has 5 nitrogen and oxygen atoms in total. The van der Waals surface area contributed by atoms with Crippen molar-refractivity contribution in [2.45, 2.75) is 59.0 Å². The van der Waals surface area contributed by atoms with Crippen LogP contribution in [0.15, 0.2) is 59.9 Å². The minimum atomic E-state index is -0.621. The van der Waals surface area contributed by atoms with Crippen molar-refractivity contribution >= 4 is 11.7 Å². The highest BCUT2D eigenvalue weighted by Gasteiger charge is 2.43. The van der Waals surface area contributed by atoms with Crippen LogP contribution in [-0.4, -0.2) is 28.3 Å². The molecule has 0 aliphatic carbocycles. The van der Waals surface area contributed by atoms with Crippen molar-refractivity contribution in [3.05, 3.63) is 76.6 Å². The lowest BCUT2D eigenvalue weighted by atomic mass is 9.85. The first-order valence-electron chi connectivity index (χ1n) is 10.8. The number of rotatable bonds is 7. The van der Waals surface area contributed by atoms with Crippen LogP contribution in [0.1, 0.15) is 63.8 Å². The van der Waals surface area contributed by atoms with Crippen LogP contribution in [0.25, 0.3) is 0 Å². The molecule has 0 aromatic heterocycles. The molecule has 2 aromatic carbocycles. The van der Waals surface area contributed by atoms with Crippen LogP contribution >= 0.6 is 0 Å². The Labute approximate surface area is 184 Å². The number of nitrogens with zero attached hydrogens (tertiary/aromatic N) is 1. The molecule has 1 heterocycles. The van der Waals surface area contributed by atoms with Gasteiger partial charge in [0.25, 0.3) is 5.91 Å². The van der Waals surface area contributed by atoms with Crippen LogP contribution in [0, 0.1) is 0 Å². The number of Topliss-reactive ketones (excluding diaryl/α,β-unsaturated/α-hetero) is 1. The second-order valence-corrected chi connectivity index (χ2v) is 8.83. The summed E-state index contributed by atoms with van der Waals surface area (Å²) < 4.78 is 5.57. The molecule has 0 saturated carbocycles. The molecule has 1 aliphatic rings. The summed E-state index contributed by atoms with van der Waals surface area (Å²) >= 11 is 0. The van der Waals surface area contributed by atoms with E-state index in [1.165, 1.54) is 0 Å². The van der Waals surface area contributed by atoms with E-state index in [2.05, 4.69) is 20.8 Å². The van der Waals surface area contributed by atoms with Crippen molar-refractivity contribution in [2.24, 2.45) is 0 Å². The average molecular weight is 422 g/mol. The monoisotopic (exact) mass is 421 g/mol. The topological polar surface area (TPSA) is 66.8 Å². The van der Waals surface area contributed by atoms with E-state index in [0.29, 0.717) is 6.61 Å².